The third-order valence-electron chi connectivity index (χ3n) is 2.06. The van der Waals surface area contributed by atoms with Crippen LogP contribution in [0.3, 0.4) is 0 Å². The first-order chi connectivity index (χ1) is 8.15. The van der Waals surface area contributed by atoms with E-state index in [1.54, 1.807) is 18.2 Å². The molecule has 0 heterocycles. The van der Waals surface area contributed by atoms with Gasteiger partial charge < -0.3 is 20.4 Å². The van der Waals surface area contributed by atoms with E-state index in [1.807, 2.05) is 19.9 Å². The molecule has 0 saturated carbocycles. The number of ether oxygens (including phenoxy) is 2. The molecule has 0 amide bonds. The molecule has 3 N–H and O–H groups in total. The van der Waals surface area contributed by atoms with Gasteiger partial charge in [0.25, 0.3) is 0 Å². The van der Waals surface area contributed by atoms with Crippen LogP contribution in [0.2, 0.25) is 0 Å². The lowest BCUT2D eigenvalue weighted by molar-refractivity contribution is 0.0552. The summed E-state index contributed by atoms with van der Waals surface area (Å²) in [7, 11) is 0. The molecule has 1 aromatic carbocycles. The first-order valence-electron chi connectivity index (χ1n) is 5.46. The fourth-order valence-corrected chi connectivity index (χ4v) is 1.29. The summed E-state index contributed by atoms with van der Waals surface area (Å²) in [5.41, 5.74) is 6.11. The van der Waals surface area contributed by atoms with Gasteiger partial charge in [-0.2, -0.15) is 0 Å². The van der Waals surface area contributed by atoms with Gasteiger partial charge >= 0.3 is 0 Å². The Morgan fingerprint density at radius 3 is 2.71 bits per heavy atom. The molecule has 0 spiro atoms. The molecule has 17 heavy (non-hydrogen) atoms. The van der Waals surface area contributed by atoms with Gasteiger partial charge in [-0.05, 0) is 26.0 Å². The maximum Gasteiger partial charge on any atom is 0.173 e. The van der Waals surface area contributed by atoms with Crippen molar-refractivity contribution >= 4 is 5.84 Å². The van der Waals surface area contributed by atoms with Crippen LogP contribution in [0.1, 0.15) is 19.4 Å². The predicted octanol–water partition coefficient (Wildman–Crippen LogP) is 1.58. The number of hydrogen-bond acceptors (Lipinski definition) is 4. The fourth-order valence-electron chi connectivity index (χ4n) is 1.29. The Balaban J connectivity index is 2.58. The van der Waals surface area contributed by atoms with Crippen molar-refractivity contribution in [2.75, 3.05) is 13.2 Å². The van der Waals surface area contributed by atoms with Crippen molar-refractivity contribution in [1.29, 1.82) is 0 Å². The molecule has 0 atom stereocenters. The molecule has 0 radical (unpaired) electrons. The average Bonchev–Trinajstić information content (AvgIpc) is 2.34. The average molecular weight is 238 g/mol. The highest BCUT2D eigenvalue weighted by Crippen LogP contribution is 2.17. The van der Waals surface area contributed by atoms with E-state index in [2.05, 4.69) is 5.16 Å². The van der Waals surface area contributed by atoms with Crippen LogP contribution in [0.25, 0.3) is 0 Å². The van der Waals surface area contributed by atoms with Crippen LogP contribution < -0.4 is 10.5 Å². The van der Waals surface area contributed by atoms with Crippen LogP contribution in [0.5, 0.6) is 5.75 Å². The summed E-state index contributed by atoms with van der Waals surface area (Å²) in [6.45, 7) is 4.85. The molecular weight excluding hydrogens is 220 g/mol. The minimum atomic E-state index is 0.0328. The molecule has 0 aliphatic heterocycles. The molecular formula is C12H18N2O3. The van der Waals surface area contributed by atoms with Gasteiger partial charge in [0.15, 0.2) is 5.84 Å². The molecule has 0 bridgehead atoms. The highest BCUT2D eigenvalue weighted by Gasteiger charge is 2.07. The van der Waals surface area contributed by atoms with Crippen LogP contribution in [0.15, 0.2) is 29.4 Å². The number of para-hydroxylation sites is 1. The van der Waals surface area contributed by atoms with E-state index in [-0.39, 0.29) is 11.9 Å². The molecule has 0 fully saturated rings. The monoisotopic (exact) mass is 238 g/mol. The molecule has 0 aliphatic carbocycles. The van der Waals surface area contributed by atoms with Crippen molar-refractivity contribution in [3.05, 3.63) is 29.8 Å². The molecule has 1 rings (SSSR count). The highest BCUT2D eigenvalue weighted by molar-refractivity contribution is 5.99. The summed E-state index contributed by atoms with van der Waals surface area (Å²) in [4.78, 5) is 0. The zero-order valence-electron chi connectivity index (χ0n) is 10.1. The van der Waals surface area contributed by atoms with Crippen molar-refractivity contribution in [3.63, 3.8) is 0 Å². The smallest absolute Gasteiger partial charge is 0.173 e. The third-order valence-corrected chi connectivity index (χ3v) is 2.06. The lowest BCUT2D eigenvalue weighted by atomic mass is 10.2. The van der Waals surface area contributed by atoms with Gasteiger partial charge in [0, 0.05) is 0 Å². The summed E-state index contributed by atoms with van der Waals surface area (Å²) >= 11 is 0. The minimum absolute atomic E-state index is 0.0328. The summed E-state index contributed by atoms with van der Waals surface area (Å²) in [5, 5.41) is 11.6. The van der Waals surface area contributed by atoms with Crippen molar-refractivity contribution in [3.8, 4) is 5.75 Å². The molecule has 0 unspecified atom stereocenters. The van der Waals surface area contributed by atoms with Crippen LogP contribution in [0.4, 0.5) is 0 Å². The molecule has 5 heteroatoms. The number of rotatable bonds is 6. The molecule has 0 aromatic heterocycles. The zero-order valence-corrected chi connectivity index (χ0v) is 10.1. The normalized spacial score (nSPS) is 11.8. The summed E-state index contributed by atoms with van der Waals surface area (Å²) < 4.78 is 10.9. The number of benzene rings is 1. The van der Waals surface area contributed by atoms with Crippen molar-refractivity contribution in [1.82, 2.24) is 0 Å². The largest absolute Gasteiger partial charge is 0.490 e. The Bertz CT molecular complexity index is 378. The number of nitrogens with two attached hydrogens (primary N) is 1. The molecule has 5 nitrogen and oxygen atoms in total. The fraction of sp³-hybridized carbons (Fsp3) is 0.417. The SMILES string of the molecule is CC(C)OCCOc1ccccc1/C(N)=N/O. The predicted molar refractivity (Wildman–Crippen MR) is 65.5 cm³/mol. The summed E-state index contributed by atoms with van der Waals surface area (Å²) in [6, 6.07) is 7.12. The lowest BCUT2D eigenvalue weighted by Gasteiger charge is -2.11. The topological polar surface area (TPSA) is 77.1 Å². The van der Waals surface area contributed by atoms with Gasteiger partial charge in [0.1, 0.15) is 12.4 Å². The Morgan fingerprint density at radius 1 is 1.35 bits per heavy atom. The van der Waals surface area contributed by atoms with E-state index in [9.17, 15) is 0 Å². The lowest BCUT2D eigenvalue weighted by Crippen LogP contribution is -2.16. The van der Waals surface area contributed by atoms with E-state index in [0.717, 1.165) is 0 Å². The van der Waals surface area contributed by atoms with E-state index in [1.165, 1.54) is 0 Å². The number of nitrogens with zero attached hydrogens (tertiary/aromatic N) is 1. The maximum absolute atomic E-state index is 8.64. The van der Waals surface area contributed by atoms with Gasteiger partial charge in [-0.3, -0.25) is 0 Å². The van der Waals surface area contributed by atoms with Crippen molar-refractivity contribution in [2.45, 2.75) is 20.0 Å². The van der Waals surface area contributed by atoms with Crippen LogP contribution in [0, 0.1) is 0 Å². The van der Waals surface area contributed by atoms with Crippen LogP contribution in [-0.4, -0.2) is 30.4 Å². The van der Waals surface area contributed by atoms with Crippen molar-refractivity contribution < 1.29 is 14.7 Å². The van der Waals surface area contributed by atoms with Gasteiger partial charge in [0.2, 0.25) is 0 Å². The van der Waals surface area contributed by atoms with E-state index in [4.69, 9.17) is 20.4 Å². The van der Waals surface area contributed by atoms with E-state index < -0.39 is 0 Å². The van der Waals surface area contributed by atoms with Gasteiger partial charge in [-0.25, -0.2) is 0 Å². The molecule has 94 valence electrons. The second-order valence-electron chi connectivity index (χ2n) is 3.75. The summed E-state index contributed by atoms with van der Waals surface area (Å²) in [6.07, 6.45) is 0.179. The van der Waals surface area contributed by atoms with Gasteiger partial charge in [-0.15, -0.1) is 0 Å². The summed E-state index contributed by atoms with van der Waals surface area (Å²) in [5.74, 6) is 0.612. The second-order valence-corrected chi connectivity index (χ2v) is 3.75. The Kier molecular flexibility index (Phi) is 5.29. The molecule has 1 aromatic rings. The van der Waals surface area contributed by atoms with Gasteiger partial charge in [0.05, 0.1) is 18.3 Å². The first kappa shape index (κ1) is 13.3. The van der Waals surface area contributed by atoms with E-state index in [0.29, 0.717) is 24.5 Å². The number of amidine groups is 1. The first-order valence-corrected chi connectivity index (χ1v) is 5.46. The second kappa shape index (κ2) is 6.75. The Morgan fingerprint density at radius 2 is 2.06 bits per heavy atom. The molecule has 0 saturated heterocycles. The molecule has 0 aliphatic rings. The van der Waals surface area contributed by atoms with E-state index >= 15 is 0 Å². The van der Waals surface area contributed by atoms with Crippen LogP contribution in [-0.2, 0) is 4.74 Å². The quantitative estimate of drug-likeness (QED) is 0.259. The number of hydrogen-bond donors (Lipinski definition) is 2. The minimum Gasteiger partial charge on any atom is -0.490 e. The van der Waals surface area contributed by atoms with Crippen molar-refractivity contribution in [2.24, 2.45) is 10.9 Å². The highest BCUT2D eigenvalue weighted by atomic mass is 16.5. The Labute approximate surface area is 101 Å². The maximum atomic E-state index is 8.64. The zero-order chi connectivity index (χ0) is 12.7. The third kappa shape index (κ3) is 4.32. The van der Waals surface area contributed by atoms with Crippen LogP contribution >= 0.6 is 0 Å². The Hall–Kier alpha value is -1.75. The standard InChI is InChI=1S/C12H18N2O3/c1-9(2)16-7-8-17-11-6-4-3-5-10(11)12(13)14-15/h3-6,9,15H,7-8H2,1-2H3,(H2,13,14). The van der Waals surface area contributed by atoms with Gasteiger partial charge in [-0.1, -0.05) is 17.3 Å². The number of oxime groups is 1.